The Bertz CT molecular complexity index is 241. The predicted octanol–water partition coefficient (Wildman–Crippen LogP) is 2.36. The van der Waals surface area contributed by atoms with Gasteiger partial charge in [-0.2, -0.15) is 0 Å². The molecule has 3 unspecified atom stereocenters. The SMILES string of the molecule is C[C@@H]1C2CCCC(CN[C@@H]3NCCCC31)C2. The third-order valence-electron chi connectivity index (χ3n) is 5.38. The highest BCUT2D eigenvalue weighted by Gasteiger charge is 2.37. The summed E-state index contributed by atoms with van der Waals surface area (Å²) in [5, 5.41) is 7.50. The molecule has 0 radical (unpaired) electrons. The molecule has 2 heterocycles. The molecule has 0 aromatic carbocycles. The first kappa shape index (κ1) is 11.0. The highest BCUT2D eigenvalue weighted by Crippen LogP contribution is 2.40. The van der Waals surface area contributed by atoms with E-state index in [1.54, 1.807) is 0 Å². The van der Waals surface area contributed by atoms with Gasteiger partial charge in [-0.1, -0.05) is 19.8 Å². The van der Waals surface area contributed by atoms with Crippen LogP contribution in [-0.4, -0.2) is 19.3 Å². The number of nitrogens with one attached hydrogen (secondary N) is 2. The molecule has 0 amide bonds. The van der Waals surface area contributed by atoms with Gasteiger partial charge in [0, 0.05) is 0 Å². The lowest BCUT2D eigenvalue weighted by molar-refractivity contribution is 0.0713. The second-order valence-corrected chi connectivity index (χ2v) is 6.30. The van der Waals surface area contributed by atoms with E-state index in [0.29, 0.717) is 6.17 Å². The number of piperidine rings is 1. The minimum atomic E-state index is 0.618. The fourth-order valence-electron chi connectivity index (χ4n) is 4.34. The topological polar surface area (TPSA) is 24.1 Å². The molecule has 2 nitrogen and oxygen atoms in total. The molecule has 3 aliphatic rings. The third kappa shape index (κ3) is 2.02. The minimum Gasteiger partial charge on any atom is -0.302 e. The van der Waals surface area contributed by atoms with E-state index in [0.717, 1.165) is 23.7 Å². The monoisotopic (exact) mass is 222 g/mol. The molecule has 92 valence electrons. The molecule has 2 saturated heterocycles. The van der Waals surface area contributed by atoms with Gasteiger partial charge in [-0.15, -0.1) is 0 Å². The van der Waals surface area contributed by atoms with Gasteiger partial charge < -0.3 is 10.6 Å². The van der Waals surface area contributed by atoms with E-state index < -0.39 is 0 Å². The van der Waals surface area contributed by atoms with Crippen molar-refractivity contribution in [2.75, 3.05) is 13.1 Å². The molecule has 3 rings (SSSR count). The van der Waals surface area contributed by atoms with Crippen molar-refractivity contribution in [2.24, 2.45) is 23.7 Å². The molecule has 1 aliphatic carbocycles. The van der Waals surface area contributed by atoms with Crippen LogP contribution in [0.2, 0.25) is 0 Å². The molecular weight excluding hydrogens is 196 g/mol. The number of fused-ring (bicyclic) bond motifs is 3. The summed E-state index contributed by atoms with van der Waals surface area (Å²) < 4.78 is 0. The van der Waals surface area contributed by atoms with Crippen molar-refractivity contribution in [3.8, 4) is 0 Å². The predicted molar refractivity (Wildman–Crippen MR) is 67.1 cm³/mol. The van der Waals surface area contributed by atoms with E-state index in [4.69, 9.17) is 0 Å². The maximum atomic E-state index is 3.80. The molecule has 2 N–H and O–H groups in total. The summed E-state index contributed by atoms with van der Waals surface area (Å²) in [6.45, 7) is 5.00. The van der Waals surface area contributed by atoms with Crippen LogP contribution >= 0.6 is 0 Å². The van der Waals surface area contributed by atoms with Crippen LogP contribution in [0.25, 0.3) is 0 Å². The van der Waals surface area contributed by atoms with Gasteiger partial charge in [-0.3, -0.25) is 0 Å². The molecule has 2 heteroatoms. The zero-order chi connectivity index (χ0) is 11.0. The Morgan fingerprint density at radius 1 is 1.00 bits per heavy atom. The number of hydrogen-bond donors (Lipinski definition) is 2. The van der Waals surface area contributed by atoms with Gasteiger partial charge in [0.15, 0.2) is 0 Å². The van der Waals surface area contributed by atoms with Crippen molar-refractivity contribution in [1.82, 2.24) is 10.6 Å². The largest absolute Gasteiger partial charge is 0.302 e. The van der Waals surface area contributed by atoms with Crippen LogP contribution < -0.4 is 10.6 Å². The van der Waals surface area contributed by atoms with Crippen LogP contribution in [0.5, 0.6) is 0 Å². The van der Waals surface area contributed by atoms with Crippen LogP contribution in [0.4, 0.5) is 0 Å². The average Bonchev–Trinajstić information content (AvgIpc) is 2.35. The van der Waals surface area contributed by atoms with Crippen molar-refractivity contribution >= 4 is 0 Å². The molecule has 0 aromatic heterocycles. The zero-order valence-electron chi connectivity index (χ0n) is 10.5. The molecule has 2 bridgehead atoms. The smallest absolute Gasteiger partial charge is 0.0603 e. The Kier molecular flexibility index (Phi) is 3.21. The van der Waals surface area contributed by atoms with Gasteiger partial charge in [-0.05, 0) is 62.4 Å². The molecule has 0 aromatic rings. The van der Waals surface area contributed by atoms with Crippen LogP contribution in [-0.2, 0) is 0 Å². The minimum absolute atomic E-state index is 0.618. The molecule has 5 atom stereocenters. The Morgan fingerprint density at radius 3 is 2.88 bits per heavy atom. The summed E-state index contributed by atoms with van der Waals surface area (Å²) in [5.74, 6) is 3.80. The number of rotatable bonds is 0. The van der Waals surface area contributed by atoms with Gasteiger partial charge in [0.25, 0.3) is 0 Å². The Morgan fingerprint density at radius 2 is 1.94 bits per heavy atom. The highest BCUT2D eigenvalue weighted by molar-refractivity contribution is 4.91. The Hall–Kier alpha value is -0.0800. The van der Waals surface area contributed by atoms with Crippen molar-refractivity contribution in [2.45, 2.75) is 51.6 Å². The molecule has 16 heavy (non-hydrogen) atoms. The van der Waals surface area contributed by atoms with E-state index in [1.165, 1.54) is 51.6 Å². The Labute approximate surface area is 99.6 Å². The molecule has 2 aliphatic heterocycles. The van der Waals surface area contributed by atoms with Gasteiger partial charge in [-0.25, -0.2) is 0 Å². The maximum Gasteiger partial charge on any atom is 0.0603 e. The van der Waals surface area contributed by atoms with Crippen LogP contribution in [0.3, 0.4) is 0 Å². The fraction of sp³-hybridized carbons (Fsp3) is 1.00. The first-order valence-electron chi connectivity index (χ1n) is 7.31. The van der Waals surface area contributed by atoms with E-state index in [1.807, 2.05) is 0 Å². The molecule has 0 spiro atoms. The summed E-state index contributed by atoms with van der Waals surface area (Å²) in [6.07, 6.45) is 9.38. The quantitative estimate of drug-likeness (QED) is 0.657. The summed E-state index contributed by atoms with van der Waals surface area (Å²) in [5.41, 5.74) is 0. The lowest BCUT2D eigenvalue weighted by Gasteiger charge is -2.45. The molecule has 3 fully saturated rings. The van der Waals surface area contributed by atoms with Crippen molar-refractivity contribution in [3.63, 3.8) is 0 Å². The van der Waals surface area contributed by atoms with Crippen molar-refractivity contribution in [1.29, 1.82) is 0 Å². The van der Waals surface area contributed by atoms with Crippen LogP contribution in [0.15, 0.2) is 0 Å². The first-order valence-corrected chi connectivity index (χ1v) is 7.31. The second-order valence-electron chi connectivity index (χ2n) is 6.30. The van der Waals surface area contributed by atoms with Crippen LogP contribution in [0, 0.1) is 23.7 Å². The normalized spacial score (nSPS) is 48.9. The summed E-state index contributed by atoms with van der Waals surface area (Å²) in [4.78, 5) is 0. The highest BCUT2D eigenvalue weighted by atomic mass is 15.1. The zero-order valence-corrected chi connectivity index (χ0v) is 10.5. The summed E-state index contributed by atoms with van der Waals surface area (Å²) in [6, 6.07) is 0. The van der Waals surface area contributed by atoms with Gasteiger partial charge in [0.2, 0.25) is 0 Å². The van der Waals surface area contributed by atoms with E-state index in [9.17, 15) is 0 Å². The molecule has 1 saturated carbocycles. The number of hydrogen-bond acceptors (Lipinski definition) is 2. The van der Waals surface area contributed by atoms with Crippen molar-refractivity contribution in [3.05, 3.63) is 0 Å². The van der Waals surface area contributed by atoms with Crippen molar-refractivity contribution < 1.29 is 0 Å². The average molecular weight is 222 g/mol. The lowest BCUT2D eigenvalue weighted by Crippen LogP contribution is -2.56. The van der Waals surface area contributed by atoms with Gasteiger partial charge in [0.05, 0.1) is 6.17 Å². The lowest BCUT2D eigenvalue weighted by atomic mass is 9.68. The fourth-order valence-corrected chi connectivity index (χ4v) is 4.34. The van der Waals surface area contributed by atoms with E-state index in [2.05, 4.69) is 17.6 Å². The van der Waals surface area contributed by atoms with Crippen LogP contribution in [0.1, 0.15) is 45.4 Å². The van der Waals surface area contributed by atoms with Gasteiger partial charge in [0.1, 0.15) is 0 Å². The van der Waals surface area contributed by atoms with Gasteiger partial charge >= 0.3 is 0 Å². The molecular formula is C14H26N2. The second kappa shape index (κ2) is 4.66. The Balaban J connectivity index is 1.76. The van der Waals surface area contributed by atoms with E-state index >= 15 is 0 Å². The first-order chi connectivity index (χ1) is 7.84. The third-order valence-corrected chi connectivity index (χ3v) is 5.38. The standard InChI is InChI=1S/C14H26N2/c1-10-12-5-2-4-11(8-12)9-16-14-13(10)6-3-7-15-14/h10-16H,2-9H2,1H3/t10-,11?,12?,13?,14+/m1/s1. The van der Waals surface area contributed by atoms with E-state index in [-0.39, 0.29) is 0 Å². The maximum absolute atomic E-state index is 3.80. The summed E-state index contributed by atoms with van der Waals surface area (Å²) >= 11 is 0. The summed E-state index contributed by atoms with van der Waals surface area (Å²) in [7, 11) is 0.